The van der Waals surface area contributed by atoms with Gasteiger partial charge >= 0.3 is 6.61 Å². The van der Waals surface area contributed by atoms with E-state index in [0.717, 1.165) is 4.88 Å². The van der Waals surface area contributed by atoms with Crippen LogP contribution in [0.1, 0.15) is 10.6 Å². The lowest BCUT2D eigenvalue weighted by Gasteiger charge is -2.06. The second-order valence-corrected chi connectivity index (χ2v) is 5.45. The highest BCUT2D eigenvalue weighted by Gasteiger charge is 2.13. The fourth-order valence-electron chi connectivity index (χ4n) is 1.92. The maximum Gasteiger partial charge on any atom is 0.387 e. The predicted octanol–water partition coefficient (Wildman–Crippen LogP) is 4.86. The van der Waals surface area contributed by atoms with Gasteiger partial charge in [0.2, 0.25) is 0 Å². The summed E-state index contributed by atoms with van der Waals surface area (Å²) in [6, 6.07) is 12.7. The molecule has 2 aromatic heterocycles. The molecule has 0 atom stereocenters. The van der Waals surface area contributed by atoms with Gasteiger partial charge in [0.15, 0.2) is 5.76 Å². The van der Waals surface area contributed by atoms with Crippen molar-refractivity contribution < 1.29 is 22.7 Å². The van der Waals surface area contributed by atoms with Gasteiger partial charge in [0.05, 0.1) is 4.88 Å². The number of benzene rings is 1. The largest absolute Gasteiger partial charge is 0.450 e. The van der Waals surface area contributed by atoms with Crippen molar-refractivity contribution in [1.82, 2.24) is 0 Å². The molecule has 0 bridgehead atoms. The molecule has 7 heteroatoms. The molecule has 0 fully saturated rings. The first-order valence-corrected chi connectivity index (χ1v) is 7.50. The zero-order valence-electron chi connectivity index (χ0n) is 11.7. The first-order valence-electron chi connectivity index (χ1n) is 6.62. The second kappa shape index (κ2) is 6.62. The maximum absolute atomic E-state index is 12.1. The van der Waals surface area contributed by atoms with Crippen molar-refractivity contribution in [2.45, 2.75) is 6.61 Å². The zero-order chi connectivity index (χ0) is 16.2. The predicted molar refractivity (Wildman–Crippen MR) is 83.0 cm³/mol. The average Bonchev–Trinajstić information content (AvgIpc) is 3.19. The van der Waals surface area contributed by atoms with E-state index >= 15 is 0 Å². The summed E-state index contributed by atoms with van der Waals surface area (Å²) in [4.78, 5) is 13.0. The minimum absolute atomic E-state index is 0.0241. The molecule has 0 aliphatic heterocycles. The van der Waals surface area contributed by atoms with Gasteiger partial charge in [-0.25, -0.2) is 0 Å². The van der Waals surface area contributed by atoms with Gasteiger partial charge in [-0.1, -0.05) is 6.07 Å². The van der Waals surface area contributed by atoms with Crippen LogP contribution in [0.3, 0.4) is 0 Å². The molecule has 1 amide bonds. The molecule has 0 saturated carbocycles. The Balaban J connectivity index is 1.67. The van der Waals surface area contributed by atoms with E-state index < -0.39 is 12.5 Å². The molecule has 23 heavy (non-hydrogen) atoms. The molecule has 4 nitrogen and oxygen atoms in total. The normalized spacial score (nSPS) is 10.7. The standard InChI is InChI=1S/C16H11F2NO3S/c17-16(18)21-11-5-3-10(4-6-11)19-15(20)13-8-7-12(22-13)14-2-1-9-23-14/h1-9,16H,(H,19,20). The van der Waals surface area contributed by atoms with Crippen LogP contribution in [0.2, 0.25) is 0 Å². The molecule has 2 heterocycles. The molecule has 0 aliphatic rings. The lowest BCUT2D eigenvalue weighted by atomic mass is 10.3. The van der Waals surface area contributed by atoms with E-state index in [2.05, 4.69) is 10.1 Å². The number of hydrogen-bond acceptors (Lipinski definition) is 4. The number of nitrogens with one attached hydrogen (secondary N) is 1. The van der Waals surface area contributed by atoms with E-state index in [0.29, 0.717) is 11.4 Å². The van der Waals surface area contributed by atoms with Crippen LogP contribution in [0.5, 0.6) is 5.75 Å². The molecule has 0 radical (unpaired) electrons. The summed E-state index contributed by atoms with van der Waals surface area (Å²) in [5, 5.41) is 4.54. The number of thiophene rings is 1. The van der Waals surface area contributed by atoms with Gasteiger partial charge < -0.3 is 14.5 Å². The zero-order valence-corrected chi connectivity index (χ0v) is 12.5. The number of anilines is 1. The van der Waals surface area contributed by atoms with Crippen LogP contribution in [0.25, 0.3) is 10.6 Å². The molecule has 0 unspecified atom stereocenters. The Morgan fingerprint density at radius 2 is 1.91 bits per heavy atom. The van der Waals surface area contributed by atoms with Gasteiger partial charge in [0.25, 0.3) is 5.91 Å². The van der Waals surface area contributed by atoms with Gasteiger partial charge in [-0.2, -0.15) is 8.78 Å². The molecule has 0 spiro atoms. The van der Waals surface area contributed by atoms with Crippen molar-refractivity contribution in [2.75, 3.05) is 5.32 Å². The highest BCUT2D eigenvalue weighted by molar-refractivity contribution is 7.13. The number of furan rings is 1. The summed E-state index contributed by atoms with van der Waals surface area (Å²) >= 11 is 1.51. The molecule has 1 aromatic carbocycles. The van der Waals surface area contributed by atoms with Crippen molar-refractivity contribution in [3.63, 3.8) is 0 Å². The van der Waals surface area contributed by atoms with Crippen molar-refractivity contribution >= 4 is 22.9 Å². The quantitative estimate of drug-likeness (QED) is 0.724. The van der Waals surface area contributed by atoms with Crippen LogP contribution in [-0.2, 0) is 0 Å². The lowest BCUT2D eigenvalue weighted by Crippen LogP contribution is -2.10. The number of carbonyl (C=O) groups is 1. The number of ether oxygens (including phenoxy) is 1. The number of halogens is 2. The van der Waals surface area contributed by atoms with Gasteiger partial charge in [-0.05, 0) is 47.8 Å². The van der Waals surface area contributed by atoms with Crippen LogP contribution in [0.15, 0.2) is 58.3 Å². The summed E-state index contributed by atoms with van der Waals surface area (Å²) in [5.41, 5.74) is 0.450. The Kier molecular flexibility index (Phi) is 4.38. The third-order valence-electron chi connectivity index (χ3n) is 2.93. The van der Waals surface area contributed by atoms with Gasteiger partial charge in [-0.3, -0.25) is 4.79 Å². The van der Waals surface area contributed by atoms with Crippen LogP contribution >= 0.6 is 11.3 Å². The molecule has 0 aliphatic carbocycles. The summed E-state index contributed by atoms with van der Waals surface area (Å²) in [5.74, 6) is 0.387. The smallest absolute Gasteiger partial charge is 0.387 e. The lowest BCUT2D eigenvalue weighted by molar-refractivity contribution is -0.0498. The fraction of sp³-hybridized carbons (Fsp3) is 0.0625. The summed E-state index contributed by atoms with van der Waals surface area (Å²) < 4.78 is 33.9. The SMILES string of the molecule is O=C(Nc1ccc(OC(F)F)cc1)c1ccc(-c2cccs2)o1. The first kappa shape index (κ1) is 15.2. The van der Waals surface area contributed by atoms with Crippen molar-refractivity contribution in [1.29, 1.82) is 0 Å². The maximum atomic E-state index is 12.1. The van der Waals surface area contributed by atoms with E-state index in [1.807, 2.05) is 17.5 Å². The summed E-state index contributed by atoms with van der Waals surface area (Å²) in [7, 11) is 0. The highest BCUT2D eigenvalue weighted by atomic mass is 32.1. The van der Waals surface area contributed by atoms with Gasteiger partial charge in [-0.15, -0.1) is 11.3 Å². The minimum Gasteiger partial charge on any atom is -0.450 e. The van der Waals surface area contributed by atoms with Crippen LogP contribution in [0.4, 0.5) is 14.5 Å². The van der Waals surface area contributed by atoms with Crippen LogP contribution in [0, 0.1) is 0 Å². The molecule has 3 aromatic rings. The van der Waals surface area contributed by atoms with Crippen molar-refractivity contribution in [2.24, 2.45) is 0 Å². The monoisotopic (exact) mass is 335 g/mol. The Morgan fingerprint density at radius 1 is 1.13 bits per heavy atom. The number of carbonyl (C=O) groups excluding carboxylic acids is 1. The van der Waals surface area contributed by atoms with E-state index in [-0.39, 0.29) is 11.5 Å². The first-order chi connectivity index (χ1) is 11.1. The molecule has 118 valence electrons. The van der Waals surface area contributed by atoms with Crippen LogP contribution < -0.4 is 10.1 Å². The van der Waals surface area contributed by atoms with E-state index in [1.165, 1.54) is 35.6 Å². The van der Waals surface area contributed by atoms with E-state index in [4.69, 9.17) is 4.42 Å². The average molecular weight is 335 g/mol. The number of amides is 1. The van der Waals surface area contributed by atoms with Crippen molar-refractivity contribution in [3.8, 4) is 16.4 Å². The van der Waals surface area contributed by atoms with E-state index in [9.17, 15) is 13.6 Å². The molecule has 0 saturated heterocycles. The number of rotatable bonds is 5. The fourth-order valence-corrected chi connectivity index (χ4v) is 2.61. The number of hydrogen-bond donors (Lipinski definition) is 1. The highest BCUT2D eigenvalue weighted by Crippen LogP contribution is 2.27. The summed E-state index contributed by atoms with van der Waals surface area (Å²) in [6.07, 6.45) is 0. The topological polar surface area (TPSA) is 51.5 Å². The van der Waals surface area contributed by atoms with Crippen molar-refractivity contribution in [3.05, 3.63) is 59.7 Å². The number of alkyl halides is 2. The molecular weight excluding hydrogens is 324 g/mol. The van der Waals surface area contributed by atoms with Gasteiger partial charge in [0.1, 0.15) is 11.5 Å². The summed E-state index contributed by atoms with van der Waals surface area (Å²) in [6.45, 7) is -2.88. The Labute approximate surface area is 134 Å². The van der Waals surface area contributed by atoms with E-state index in [1.54, 1.807) is 12.1 Å². The Morgan fingerprint density at radius 3 is 2.57 bits per heavy atom. The third-order valence-corrected chi connectivity index (χ3v) is 3.82. The van der Waals surface area contributed by atoms with Crippen LogP contribution in [-0.4, -0.2) is 12.5 Å². The van der Waals surface area contributed by atoms with Gasteiger partial charge in [0, 0.05) is 5.69 Å². The Bertz CT molecular complexity index is 782. The Hall–Kier alpha value is -2.67. The minimum atomic E-state index is -2.88. The molecule has 3 rings (SSSR count). The molecular formula is C16H11F2NO3S. The molecule has 1 N–H and O–H groups in total. The second-order valence-electron chi connectivity index (χ2n) is 4.50. The third kappa shape index (κ3) is 3.75.